The smallest absolute Gasteiger partial charge is 0.339 e. The van der Waals surface area contributed by atoms with E-state index in [4.69, 9.17) is 21.8 Å². The van der Waals surface area contributed by atoms with Gasteiger partial charge in [0.1, 0.15) is 0 Å². The van der Waals surface area contributed by atoms with Gasteiger partial charge in [-0.2, -0.15) is 0 Å². The lowest BCUT2D eigenvalue weighted by Crippen LogP contribution is -2.69. The van der Waals surface area contributed by atoms with Crippen LogP contribution in [0.5, 0.6) is 0 Å². The van der Waals surface area contributed by atoms with E-state index in [2.05, 4.69) is 72.4 Å². The second kappa shape index (κ2) is 10.7. The molecule has 0 aromatic rings. The van der Waals surface area contributed by atoms with Crippen LogP contribution >= 0.6 is 0 Å². The van der Waals surface area contributed by atoms with E-state index >= 15 is 0 Å². The fourth-order valence-electron chi connectivity index (χ4n) is 3.83. The zero-order chi connectivity index (χ0) is 23.4. The average Bonchev–Trinajstić information content (AvgIpc) is 2.45. The molecule has 178 valence electrons. The third-order valence-electron chi connectivity index (χ3n) is 4.31. The Morgan fingerprint density at radius 2 is 1.53 bits per heavy atom. The van der Waals surface area contributed by atoms with Crippen molar-refractivity contribution in [3.8, 4) is 0 Å². The fourth-order valence-corrected chi connectivity index (χ4v) is 25.4. The Hall–Kier alpha value is 0.624. The Kier molecular flexibility index (Phi) is 10.2. The molecule has 1 heterocycles. The first-order valence-electron chi connectivity index (χ1n) is 11.5. The lowest BCUT2D eigenvalue weighted by Gasteiger charge is -2.52. The highest BCUT2D eigenvalue weighted by Gasteiger charge is 2.59. The van der Waals surface area contributed by atoms with Gasteiger partial charge in [0.2, 0.25) is 8.56 Å². The van der Waals surface area contributed by atoms with Gasteiger partial charge >= 0.3 is 8.08 Å². The third kappa shape index (κ3) is 10.0. The molecule has 0 aromatic carbocycles. The minimum absolute atomic E-state index is 0.598. The molecule has 5 nitrogen and oxygen atoms in total. The molecule has 10 heteroatoms. The third-order valence-corrected chi connectivity index (χ3v) is 20.9. The summed E-state index contributed by atoms with van der Waals surface area (Å²) < 4.78 is 34.2. The predicted molar refractivity (Wildman–Crippen MR) is 140 cm³/mol. The van der Waals surface area contributed by atoms with Crippen molar-refractivity contribution in [1.29, 1.82) is 0 Å². The fraction of sp³-hybridized carbons (Fsp3) is 0.900. The molecule has 0 aromatic heterocycles. The summed E-state index contributed by atoms with van der Waals surface area (Å²) in [6.07, 6.45) is 2.87. The van der Waals surface area contributed by atoms with E-state index in [-0.39, 0.29) is 0 Å². The molecule has 1 rings (SSSR count). The van der Waals surface area contributed by atoms with Gasteiger partial charge in [-0.15, -0.1) is 0 Å². The van der Waals surface area contributed by atoms with Crippen LogP contribution in [0.4, 0.5) is 0 Å². The molecule has 0 aliphatic carbocycles. The van der Waals surface area contributed by atoms with E-state index in [0.29, 0.717) is 6.61 Å². The molecule has 2 atom stereocenters. The maximum atomic E-state index is 7.12. The topological polar surface area (TPSA) is 46.2 Å². The van der Waals surface area contributed by atoms with Crippen LogP contribution in [-0.4, -0.2) is 54.2 Å². The largest absolute Gasteiger partial charge is 0.437 e. The van der Waals surface area contributed by atoms with Gasteiger partial charge in [0.25, 0.3) is 5.97 Å². The van der Waals surface area contributed by atoms with Crippen LogP contribution in [0.1, 0.15) is 33.1 Å². The standard InChI is InChI=1S/C20H48O5Si5/c1-13-16-26(21-18-19(2)3)30(25-29(10,11)12)17-14-15-20(24-30,22-27(4,5)6)23-28(7,8)9/h26H,2,13-18H2,1,3-12H3. The van der Waals surface area contributed by atoms with E-state index < -0.39 is 47.6 Å². The van der Waals surface area contributed by atoms with Crippen LogP contribution in [0.2, 0.25) is 71.0 Å². The summed E-state index contributed by atoms with van der Waals surface area (Å²) in [5.74, 6) is -0.968. The second-order valence-corrected chi connectivity index (χ2v) is 34.3. The molecular formula is C20H48O5Si5. The summed E-state index contributed by atoms with van der Waals surface area (Å²) >= 11 is 0. The quantitative estimate of drug-likeness (QED) is 0.177. The van der Waals surface area contributed by atoms with Gasteiger partial charge in [-0.3, -0.25) is 0 Å². The molecule has 30 heavy (non-hydrogen) atoms. The molecule has 0 radical (unpaired) electrons. The van der Waals surface area contributed by atoms with Crippen LogP contribution in [0.15, 0.2) is 12.2 Å². The van der Waals surface area contributed by atoms with Crippen molar-refractivity contribution >= 4 is 41.6 Å². The van der Waals surface area contributed by atoms with Gasteiger partial charge in [-0.25, -0.2) is 0 Å². The van der Waals surface area contributed by atoms with Crippen LogP contribution in [0.25, 0.3) is 0 Å². The van der Waals surface area contributed by atoms with E-state index in [1.54, 1.807) is 0 Å². The molecule has 0 bridgehead atoms. The van der Waals surface area contributed by atoms with Crippen molar-refractivity contribution in [1.82, 2.24) is 0 Å². The van der Waals surface area contributed by atoms with E-state index in [1.807, 2.05) is 6.92 Å². The molecule has 0 amide bonds. The Balaban J connectivity index is 3.44. The van der Waals surface area contributed by atoms with Crippen molar-refractivity contribution in [2.75, 3.05) is 6.61 Å². The van der Waals surface area contributed by atoms with E-state index in [9.17, 15) is 0 Å². The molecule has 0 spiro atoms. The zero-order valence-electron chi connectivity index (χ0n) is 21.6. The molecule has 0 N–H and O–H groups in total. The normalized spacial score (nSPS) is 24.0. The van der Waals surface area contributed by atoms with Gasteiger partial charge in [-0.1, -0.05) is 25.5 Å². The summed E-state index contributed by atoms with van der Waals surface area (Å²) in [6, 6.07) is 2.04. The summed E-state index contributed by atoms with van der Waals surface area (Å²) in [4.78, 5) is 0. The summed E-state index contributed by atoms with van der Waals surface area (Å²) in [5.41, 5.74) is 1.06. The van der Waals surface area contributed by atoms with Crippen LogP contribution in [0.3, 0.4) is 0 Å². The van der Waals surface area contributed by atoms with E-state index in [0.717, 1.165) is 36.9 Å². The highest BCUT2D eigenvalue weighted by atomic mass is 29.3. The van der Waals surface area contributed by atoms with Crippen LogP contribution in [0, 0.1) is 0 Å². The minimum atomic E-state index is -2.64. The summed E-state index contributed by atoms with van der Waals surface area (Å²) in [7, 11) is -10.1. The highest BCUT2D eigenvalue weighted by Crippen LogP contribution is 2.42. The number of rotatable bonds is 12. The Morgan fingerprint density at radius 3 is 1.93 bits per heavy atom. The summed E-state index contributed by atoms with van der Waals surface area (Å²) in [6.45, 7) is 29.0. The van der Waals surface area contributed by atoms with Crippen molar-refractivity contribution < 1.29 is 21.8 Å². The van der Waals surface area contributed by atoms with Gasteiger partial charge in [0.05, 0.1) is 6.61 Å². The minimum Gasteiger partial charge on any atom is -0.437 e. The van der Waals surface area contributed by atoms with Crippen molar-refractivity contribution in [2.24, 2.45) is 0 Å². The van der Waals surface area contributed by atoms with Gasteiger partial charge in [-0.05, 0) is 84.4 Å². The van der Waals surface area contributed by atoms with E-state index in [1.165, 1.54) is 0 Å². The van der Waals surface area contributed by atoms with Gasteiger partial charge in [0.15, 0.2) is 25.0 Å². The molecule has 1 saturated heterocycles. The van der Waals surface area contributed by atoms with Crippen molar-refractivity contribution in [3.63, 3.8) is 0 Å². The monoisotopic (exact) mass is 508 g/mol. The maximum absolute atomic E-state index is 7.12. The molecule has 2 unspecified atom stereocenters. The molecule has 1 fully saturated rings. The SMILES string of the molecule is C=C(C)CO[SiH](CCC)[Si]1(O[Si](C)(C)C)CCCC(O[Si](C)(C)C)(O[Si](C)(C)C)O1. The number of hydrogen-bond acceptors (Lipinski definition) is 5. The lowest BCUT2D eigenvalue weighted by atomic mass is 10.3. The van der Waals surface area contributed by atoms with Crippen molar-refractivity contribution in [2.45, 2.75) is 110 Å². The highest BCUT2D eigenvalue weighted by molar-refractivity contribution is 7.26. The Labute approximate surface area is 192 Å². The first-order valence-corrected chi connectivity index (χ1v) is 26.8. The van der Waals surface area contributed by atoms with Crippen LogP contribution < -0.4 is 0 Å². The maximum Gasteiger partial charge on any atom is 0.339 e. The van der Waals surface area contributed by atoms with Gasteiger partial charge in [0, 0.05) is 6.42 Å². The first kappa shape index (κ1) is 28.7. The zero-order valence-corrected chi connectivity index (χ0v) is 26.7. The van der Waals surface area contributed by atoms with Crippen LogP contribution in [-0.2, 0) is 21.8 Å². The van der Waals surface area contributed by atoms with Gasteiger partial charge < -0.3 is 21.8 Å². The molecular weight excluding hydrogens is 461 g/mol. The Bertz CT molecular complexity index is 551. The van der Waals surface area contributed by atoms with Crippen molar-refractivity contribution in [3.05, 3.63) is 12.2 Å². The molecule has 0 saturated carbocycles. The second-order valence-electron chi connectivity index (χ2n) is 11.6. The Morgan fingerprint density at radius 1 is 1.00 bits per heavy atom. The first-order chi connectivity index (χ1) is 13.4. The number of hydrogen-bond donors (Lipinski definition) is 0. The molecule has 1 aliphatic heterocycles. The average molecular weight is 509 g/mol. The lowest BCUT2D eigenvalue weighted by molar-refractivity contribution is -0.284. The molecule has 1 aliphatic rings. The summed E-state index contributed by atoms with van der Waals surface area (Å²) in [5, 5.41) is 0. The predicted octanol–water partition coefficient (Wildman–Crippen LogP) is 6.25.